The first-order chi connectivity index (χ1) is 13.1. The molecule has 1 N–H and O–H groups in total. The minimum Gasteiger partial charge on any atom is -0.496 e. The molecule has 1 heterocycles. The number of hydrogen-bond donors (Lipinski definition) is 1. The summed E-state index contributed by atoms with van der Waals surface area (Å²) in [6.45, 7) is 0. The van der Waals surface area contributed by atoms with Crippen molar-refractivity contribution >= 4 is 23.7 Å². The molecule has 0 fully saturated rings. The van der Waals surface area contributed by atoms with E-state index in [1.54, 1.807) is 18.2 Å². The van der Waals surface area contributed by atoms with E-state index in [0.717, 1.165) is 0 Å². The number of rotatable bonds is 6. The number of carbonyl (C=O) groups is 1. The number of benzene rings is 2. The van der Waals surface area contributed by atoms with Crippen LogP contribution in [0.5, 0.6) is 5.75 Å². The van der Waals surface area contributed by atoms with Crippen LogP contribution in [-0.4, -0.2) is 28.1 Å². The molecule has 0 atom stereocenters. The number of para-hydroxylation sites is 1. The lowest BCUT2D eigenvalue weighted by atomic mass is 10.2. The highest BCUT2D eigenvalue weighted by molar-refractivity contribution is 6.00. The predicted octanol–water partition coefficient (Wildman–Crippen LogP) is 3.31. The molecule has 9 nitrogen and oxygen atoms in total. The number of nitro groups is 1. The fourth-order valence-corrected chi connectivity index (χ4v) is 2.23. The summed E-state index contributed by atoms with van der Waals surface area (Å²) in [6.07, 6.45) is 2.77. The summed E-state index contributed by atoms with van der Waals surface area (Å²) >= 11 is 0. The van der Waals surface area contributed by atoms with E-state index in [-0.39, 0.29) is 17.6 Å². The Labute approximate surface area is 153 Å². The van der Waals surface area contributed by atoms with E-state index in [1.165, 1.54) is 43.5 Å². The molecule has 0 saturated heterocycles. The van der Waals surface area contributed by atoms with Gasteiger partial charge in [-0.25, -0.2) is 0 Å². The topological polar surface area (TPSA) is 120 Å². The number of non-ortho nitro benzene ring substituents is 1. The maximum Gasteiger partial charge on any atom is 0.322 e. The van der Waals surface area contributed by atoms with Crippen molar-refractivity contribution in [3.05, 3.63) is 70.3 Å². The molecule has 1 aromatic heterocycles. The van der Waals surface area contributed by atoms with Crippen LogP contribution in [0.4, 0.5) is 11.7 Å². The lowest BCUT2D eigenvalue weighted by Crippen LogP contribution is -2.07. The molecule has 0 radical (unpaired) electrons. The van der Waals surface area contributed by atoms with Gasteiger partial charge in [-0.1, -0.05) is 17.2 Å². The Kier molecular flexibility index (Phi) is 5.22. The first-order valence-corrected chi connectivity index (χ1v) is 7.77. The van der Waals surface area contributed by atoms with E-state index in [2.05, 4.69) is 15.5 Å². The van der Waals surface area contributed by atoms with Crippen molar-refractivity contribution in [1.82, 2.24) is 10.2 Å². The summed E-state index contributed by atoms with van der Waals surface area (Å²) in [4.78, 5) is 22.1. The molecule has 0 aliphatic heterocycles. The number of nitrogens with one attached hydrogen (secondary N) is 1. The van der Waals surface area contributed by atoms with E-state index in [0.29, 0.717) is 16.9 Å². The van der Waals surface area contributed by atoms with Gasteiger partial charge in [-0.3, -0.25) is 20.2 Å². The first kappa shape index (κ1) is 17.8. The fraction of sp³-hybridized carbons (Fsp3) is 0.0556. The SMILES string of the molecule is COc1ccccc1-c1nnc(NC(=O)C=Cc2ccc([N+](=O)[O-])cc2)o1. The Morgan fingerprint density at radius 3 is 2.63 bits per heavy atom. The van der Waals surface area contributed by atoms with Gasteiger partial charge in [0.1, 0.15) is 5.75 Å². The molecule has 2 aromatic carbocycles. The molecular weight excluding hydrogens is 352 g/mol. The van der Waals surface area contributed by atoms with Gasteiger partial charge >= 0.3 is 6.01 Å². The van der Waals surface area contributed by atoms with Gasteiger partial charge in [-0.15, -0.1) is 5.10 Å². The number of aromatic nitrogens is 2. The maximum atomic E-state index is 12.0. The summed E-state index contributed by atoms with van der Waals surface area (Å²) in [5.41, 5.74) is 1.22. The van der Waals surface area contributed by atoms with Gasteiger partial charge in [0.2, 0.25) is 0 Å². The van der Waals surface area contributed by atoms with Crippen molar-refractivity contribution in [3.8, 4) is 17.2 Å². The number of carbonyl (C=O) groups excluding carboxylic acids is 1. The Morgan fingerprint density at radius 2 is 1.93 bits per heavy atom. The Balaban J connectivity index is 1.66. The standard InChI is InChI=1S/C18H14N4O5/c1-26-15-5-3-2-4-14(15)17-20-21-18(27-17)19-16(23)11-8-12-6-9-13(10-7-12)22(24)25/h2-11H,1H3,(H,19,21,23). The number of methoxy groups -OCH3 is 1. The lowest BCUT2D eigenvalue weighted by molar-refractivity contribution is -0.384. The third kappa shape index (κ3) is 4.34. The second-order valence-corrected chi connectivity index (χ2v) is 5.28. The quantitative estimate of drug-likeness (QED) is 0.403. The van der Waals surface area contributed by atoms with Gasteiger partial charge < -0.3 is 9.15 Å². The van der Waals surface area contributed by atoms with Crippen LogP contribution >= 0.6 is 0 Å². The fourth-order valence-electron chi connectivity index (χ4n) is 2.23. The first-order valence-electron chi connectivity index (χ1n) is 7.77. The van der Waals surface area contributed by atoms with E-state index in [1.807, 2.05) is 6.07 Å². The Hall–Kier alpha value is -4.01. The highest BCUT2D eigenvalue weighted by Gasteiger charge is 2.13. The van der Waals surface area contributed by atoms with Crippen LogP contribution in [0, 0.1) is 10.1 Å². The summed E-state index contributed by atoms with van der Waals surface area (Å²) in [5, 5.41) is 20.7. The second kappa shape index (κ2) is 7.91. The number of ether oxygens (including phenoxy) is 1. The van der Waals surface area contributed by atoms with Crippen LogP contribution in [0.3, 0.4) is 0 Å². The van der Waals surface area contributed by atoms with Gasteiger partial charge in [0, 0.05) is 18.2 Å². The number of anilines is 1. The molecule has 136 valence electrons. The molecule has 0 bridgehead atoms. The summed E-state index contributed by atoms with van der Waals surface area (Å²) in [5.74, 6) is 0.294. The maximum absolute atomic E-state index is 12.0. The third-order valence-electron chi connectivity index (χ3n) is 3.52. The van der Waals surface area contributed by atoms with Crippen molar-refractivity contribution in [1.29, 1.82) is 0 Å². The summed E-state index contributed by atoms with van der Waals surface area (Å²) in [7, 11) is 1.53. The monoisotopic (exact) mass is 366 g/mol. The molecule has 3 aromatic rings. The zero-order valence-corrected chi connectivity index (χ0v) is 14.2. The van der Waals surface area contributed by atoms with Crippen LogP contribution in [0.2, 0.25) is 0 Å². The van der Waals surface area contributed by atoms with Crippen molar-refractivity contribution < 1.29 is 18.9 Å². The molecule has 0 spiro atoms. The van der Waals surface area contributed by atoms with Crippen LogP contribution in [-0.2, 0) is 4.79 Å². The second-order valence-electron chi connectivity index (χ2n) is 5.28. The summed E-state index contributed by atoms with van der Waals surface area (Å²) < 4.78 is 10.7. The van der Waals surface area contributed by atoms with Crippen LogP contribution in [0.15, 0.2) is 59.0 Å². The minimum atomic E-state index is -0.491. The number of nitrogens with zero attached hydrogens (tertiary/aromatic N) is 3. The molecule has 0 unspecified atom stereocenters. The third-order valence-corrected chi connectivity index (χ3v) is 3.52. The van der Waals surface area contributed by atoms with Crippen molar-refractivity contribution in [2.45, 2.75) is 0 Å². The van der Waals surface area contributed by atoms with Crippen molar-refractivity contribution in [3.63, 3.8) is 0 Å². The summed E-state index contributed by atoms with van der Waals surface area (Å²) in [6, 6.07) is 12.8. The van der Waals surface area contributed by atoms with E-state index in [9.17, 15) is 14.9 Å². The van der Waals surface area contributed by atoms with Gasteiger partial charge in [0.25, 0.3) is 17.5 Å². The zero-order valence-electron chi connectivity index (χ0n) is 14.2. The average molecular weight is 366 g/mol. The molecular formula is C18H14N4O5. The number of nitro benzene ring substituents is 1. The van der Waals surface area contributed by atoms with E-state index in [4.69, 9.17) is 9.15 Å². The highest BCUT2D eigenvalue weighted by Crippen LogP contribution is 2.29. The van der Waals surface area contributed by atoms with Crippen molar-refractivity contribution in [2.24, 2.45) is 0 Å². The van der Waals surface area contributed by atoms with E-state index >= 15 is 0 Å². The number of hydrogen-bond acceptors (Lipinski definition) is 7. The van der Waals surface area contributed by atoms with Crippen LogP contribution < -0.4 is 10.1 Å². The predicted molar refractivity (Wildman–Crippen MR) is 97.0 cm³/mol. The Morgan fingerprint density at radius 1 is 1.19 bits per heavy atom. The minimum absolute atomic E-state index is 0.0219. The van der Waals surface area contributed by atoms with Crippen LogP contribution in [0.1, 0.15) is 5.56 Å². The largest absolute Gasteiger partial charge is 0.496 e. The molecule has 9 heteroatoms. The zero-order chi connectivity index (χ0) is 19.2. The molecule has 0 aliphatic carbocycles. The normalized spacial score (nSPS) is 10.7. The average Bonchev–Trinajstić information content (AvgIpc) is 3.14. The lowest BCUT2D eigenvalue weighted by Gasteiger charge is -2.03. The van der Waals surface area contributed by atoms with Gasteiger partial charge in [0.05, 0.1) is 17.6 Å². The molecule has 0 aliphatic rings. The smallest absolute Gasteiger partial charge is 0.322 e. The Bertz CT molecular complexity index is 995. The molecule has 0 saturated carbocycles. The van der Waals surface area contributed by atoms with Crippen LogP contribution in [0.25, 0.3) is 17.5 Å². The van der Waals surface area contributed by atoms with Gasteiger partial charge in [-0.2, -0.15) is 0 Å². The molecule has 3 rings (SSSR count). The highest BCUT2D eigenvalue weighted by atomic mass is 16.6. The molecule has 27 heavy (non-hydrogen) atoms. The van der Waals surface area contributed by atoms with E-state index < -0.39 is 10.8 Å². The molecule has 1 amide bonds. The van der Waals surface area contributed by atoms with Gasteiger partial charge in [-0.05, 0) is 35.9 Å². The van der Waals surface area contributed by atoms with Crippen molar-refractivity contribution in [2.75, 3.05) is 12.4 Å². The van der Waals surface area contributed by atoms with Gasteiger partial charge in [0.15, 0.2) is 0 Å². The number of amides is 1.